The highest BCUT2D eigenvalue weighted by Gasteiger charge is 2.11. The van der Waals surface area contributed by atoms with E-state index < -0.39 is 0 Å². The van der Waals surface area contributed by atoms with Crippen molar-refractivity contribution in [3.8, 4) is 5.75 Å². The maximum atomic E-state index is 13.1. The largest absolute Gasteiger partial charge is 0.488 e. The first-order valence-corrected chi connectivity index (χ1v) is 9.60. The van der Waals surface area contributed by atoms with Gasteiger partial charge < -0.3 is 4.74 Å². The van der Waals surface area contributed by atoms with Crippen LogP contribution in [-0.2, 0) is 6.42 Å². The molecule has 1 N–H and O–H groups in total. The average molecular weight is 439 g/mol. The molecule has 0 fully saturated rings. The van der Waals surface area contributed by atoms with Gasteiger partial charge in [0.25, 0.3) is 0 Å². The van der Waals surface area contributed by atoms with Crippen LogP contribution in [0.2, 0.25) is 10.0 Å². The van der Waals surface area contributed by atoms with Crippen molar-refractivity contribution < 1.29 is 9.13 Å². The summed E-state index contributed by atoms with van der Waals surface area (Å²) in [5.74, 6) is 0.733. The molecule has 1 heterocycles. The molecule has 2 aromatic carbocycles. The minimum atomic E-state index is -0.292. The number of nitrogens with zero attached hydrogens (tertiary/aromatic N) is 3. The highest BCUT2D eigenvalue weighted by Crippen LogP contribution is 2.34. The quantitative estimate of drug-likeness (QED) is 0.399. The molecule has 0 unspecified atom stereocenters. The monoisotopic (exact) mass is 438 g/mol. The highest BCUT2D eigenvalue weighted by atomic mass is 35.5. The predicted molar refractivity (Wildman–Crippen MR) is 112 cm³/mol. The van der Waals surface area contributed by atoms with Gasteiger partial charge >= 0.3 is 0 Å². The molecule has 0 amide bonds. The molecule has 0 bridgehead atoms. The lowest BCUT2D eigenvalue weighted by Gasteiger charge is -2.13. The van der Waals surface area contributed by atoms with Crippen LogP contribution in [0.15, 0.2) is 41.5 Å². The van der Waals surface area contributed by atoms with Gasteiger partial charge in [0.2, 0.25) is 4.77 Å². The number of rotatable bonds is 6. The smallest absolute Gasteiger partial charge is 0.216 e. The zero-order chi connectivity index (χ0) is 20.3. The zero-order valence-corrected chi connectivity index (χ0v) is 17.4. The first kappa shape index (κ1) is 20.5. The van der Waals surface area contributed by atoms with Crippen molar-refractivity contribution >= 4 is 41.6 Å². The van der Waals surface area contributed by atoms with E-state index in [1.54, 1.807) is 30.5 Å². The molecule has 9 heteroatoms. The van der Waals surface area contributed by atoms with Gasteiger partial charge in [-0.2, -0.15) is 14.9 Å². The minimum absolute atomic E-state index is 0.0483. The molecule has 0 aliphatic carbocycles. The zero-order valence-electron chi connectivity index (χ0n) is 15.1. The Morgan fingerprint density at radius 2 is 1.89 bits per heavy atom. The fourth-order valence-corrected chi connectivity index (χ4v) is 3.26. The lowest BCUT2D eigenvalue weighted by molar-refractivity contribution is 0.243. The van der Waals surface area contributed by atoms with Crippen LogP contribution in [0, 0.1) is 10.6 Å². The summed E-state index contributed by atoms with van der Waals surface area (Å²) in [6, 6.07) is 9.59. The Labute approximate surface area is 176 Å². The first-order chi connectivity index (χ1) is 13.3. The Bertz CT molecular complexity index is 1040. The van der Waals surface area contributed by atoms with Crippen LogP contribution in [0.4, 0.5) is 4.39 Å². The second kappa shape index (κ2) is 8.86. The van der Waals surface area contributed by atoms with E-state index >= 15 is 0 Å². The lowest BCUT2D eigenvalue weighted by Crippen LogP contribution is -2.06. The highest BCUT2D eigenvalue weighted by molar-refractivity contribution is 7.71. The Hall–Kier alpha value is -2.22. The SMILES string of the molecule is CC(C)Oc1c(Cl)cc(/C=N\n2c(Cc3ccc(F)cc3)n[nH]c2=S)cc1Cl. The van der Waals surface area contributed by atoms with E-state index in [4.69, 9.17) is 40.2 Å². The fraction of sp³-hybridized carbons (Fsp3) is 0.211. The summed E-state index contributed by atoms with van der Waals surface area (Å²) in [7, 11) is 0. The van der Waals surface area contributed by atoms with E-state index in [1.807, 2.05) is 13.8 Å². The molecule has 146 valence electrons. The lowest BCUT2D eigenvalue weighted by atomic mass is 10.1. The van der Waals surface area contributed by atoms with Gasteiger partial charge in [-0.25, -0.2) is 4.39 Å². The standard InChI is InChI=1S/C19H17Cl2FN4OS/c1-11(2)27-18-15(20)7-13(8-16(18)21)10-23-26-17(24-25-19(26)28)9-12-3-5-14(22)6-4-12/h3-8,10-11H,9H2,1-2H3,(H,25,28)/b23-10-. The molecule has 3 rings (SSSR count). The molecule has 0 aliphatic heterocycles. The molecule has 5 nitrogen and oxygen atoms in total. The molecule has 0 spiro atoms. The number of hydrogen-bond donors (Lipinski definition) is 1. The summed E-state index contributed by atoms with van der Waals surface area (Å²) in [6.45, 7) is 3.79. The summed E-state index contributed by atoms with van der Waals surface area (Å²) in [6.07, 6.45) is 1.97. The van der Waals surface area contributed by atoms with Crippen molar-refractivity contribution in [2.24, 2.45) is 5.10 Å². The number of H-pyrrole nitrogens is 1. The van der Waals surface area contributed by atoms with Crippen molar-refractivity contribution in [3.63, 3.8) is 0 Å². The molecule has 0 saturated heterocycles. The number of benzene rings is 2. The predicted octanol–water partition coefficient (Wildman–Crippen LogP) is 5.65. The number of ether oxygens (including phenoxy) is 1. The van der Waals surface area contributed by atoms with Gasteiger partial charge in [-0.15, -0.1) is 0 Å². The van der Waals surface area contributed by atoms with Crippen molar-refractivity contribution in [2.75, 3.05) is 0 Å². The first-order valence-electron chi connectivity index (χ1n) is 8.44. The molecule has 0 atom stereocenters. The van der Waals surface area contributed by atoms with Crippen LogP contribution in [0.5, 0.6) is 5.75 Å². The molecule has 28 heavy (non-hydrogen) atoms. The molecule has 0 saturated carbocycles. The van der Waals surface area contributed by atoms with Gasteiger partial charge in [-0.1, -0.05) is 35.3 Å². The van der Waals surface area contributed by atoms with Crippen LogP contribution in [-0.4, -0.2) is 27.2 Å². The van der Waals surface area contributed by atoms with Crippen LogP contribution in [0.25, 0.3) is 0 Å². The normalized spacial score (nSPS) is 11.5. The van der Waals surface area contributed by atoms with Crippen LogP contribution in [0.1, 0.15) is 30.8 Å². The Morgan fingerprint density at radius 3 is 2.50 bits per heavy atom. The van der Waals surface area contributed by atoms with Gasteiger partial charge in [-0.05, 0) is 61.5 Å². The third kappa shape index (κ3) is 4.98. The van der Waals surface area contributed by atoms with Crippen LogP contribution >= 0.6 is 35.4 Å². The summed E-state index contributed by atoms with van der Waals surface area (Å²) in [4.78, 5) is 0. The topological polar surface area (TPSA) is 55.2 Å². The van der Waals surface area contributed by atoms with E-state index in [1.165, 1.54) is 16.8 Å². The third-order valence-corrected chi connectivity index (χ3v) is 4.52. The maximum Gasteiger partial charge on any atom is 0.216 e. The summed E-state index contributed by atoms with van der Waals surface area (Å²) in [5.41, 5.74) is 1.56. The Kier molecular flexibility index (Phi) is 6.49. The number of aromatic nitrogens is 3. The van der Waals surface area contributed by atoms with Crippen molar-refractivity contribution in [1.29, 1.82) is 0 Å². The van der Waals surface area contributed by atoms with E-state index in [9.17, 15) is 4.39 Å². The fourth-order valence-electron chi connectivity index (χ4n) is 2.47. The molecule has 0 radical (unpaired) electrons. The maximum absolute atomic E-state index is 13.1. The second-order valence-electron chi connectivity index (χ2n) is 6.28. The molecular weight excluding hydrogens is 422 g/mol. The van der Waals surface area contributed by atoms with Crippen molar-refractivity contribution in [1.82, 2.24) is 14.9 Å². The molecular formula is C19H17Cl2FN4OS. The van der Waals surface area contributed by atoms with Crippen LogP contribution < -0.4 is 4.74 Å². The van der Waals surface area contributed by atoms with Gasteiger partial charge in [0.05, 0.1) is 22.4 Å². The Balaban J connectivity index is 1.86. The van der Waals surface area contributed by atoms with Crippen molar-refractivity contribution in [2.45, 2.75) is 26.4 Å². The average Bonchev–Trinajstić information content (AvgIpc) is 2.98. The minimum Gasteiger partial charge on any atom is -0.488 e. The third-order valence-electron chi connectivity index (χ3n) is 3.69. The van der Waals surface area contributed by atoms with E-state index in [0.29, 0.717) is 38.4 Å². The van der Waals surface area contributed by atoms with E-state index in [-0.39, 0.29) is 11.9 Å². The number of hydrogen-bond acceptors (Lipinski definition) is 4. The molecule has 3 aromatic rings. The summed E-state index contributed by atoms with van der Waals surface area (Å²) < 4.78 is 20.5. The number of aromatic amines is 1. The Morgan fingerprint density at radius 1 is 1.25 bits per heavy atom. The number of halogens is 3. The van der Waals surface area contributed by atoms with E-state index in [2.05, 4.69) is 15.3 Å². The van der Waals surface area contributed by atoms with E-state index in [0.717, 1.165) is 5.56 Å². The van der Waals surface area contributed by atoms with Gasteiger partial charge in [0, 0.05) is 6.42 Å². The summed E-state index contributed by atoms with van der Waals surface area (Å²) >= 11 is 17.8. The van der Waals surface area contributed by atoms with Gasteiger partial charge in [0.15, 0.2) is 11.6 Å². The van der Waals surface area contributed by atoms with Gasteiger partial charge in [0.1, 0.15) is 5.82 Å². The number of nitrogens with one attached hydrogen (secondary N) is 1. The second-order valence-corrected chi connectivity index (χ2v) is 7.49. The molecule has 0 aliphatic rings. The van der Waals surface area contributed by atoms with Gasteiger partial charge in [-0.3, -0.25) is 5.10 Å². The van der Waals surface area contributed by atoms with Crippen molar-refractivity contribution in [3.05, 3.63) is 74.0 Å². The van der Waals surface area contributed by atoms with Crippen LogP contribution in [0.3, 0.4) is 0 Å². The summed E-state index contributed by atoms with van der Waals surface area (Å²) in [5, 5.41) is 12.1. The molecule has 1 aromatic heterocycles.